The predicted molar refractivity (Wildman–Crippen MR) is 161 cm³/mol. The molecule has 0 bridgehead atoms. The van der Waals surface area contributed by atoms with Crippen LogP contribution in [0.3, 0.4) is 0 Å². The molecule has 0 saturated heterocycles. The molecule has 0 spiro atoms. The molecule has 15 heteroatoms. The molecule has 15 nitrogen and oxygen atoms in total. The van der Waals surface area contributed by atoms with Crippen LogP contribution in [0, 0.1) is 0 Å². The normalized spacial score (nSPS) is 10.3. The Balaban J connectivity index is 1.79. The number of hydrogen-bond acceptors (Lipinski definition) is 12. The van der Waals surface area contributed by atoms with Gasteiger partial charge in [0.25, 0.3) is 0 Å². The number of aromatic carboxylic acids is 3. The van der Waals surface area contributed by atoms with E-state index in [0.717, 1.165) is 51.7 Å². The second-order valence-electron chi connectivity index (χ2n) is 9.46. The monoisotopic (exact) mass is 660 g/mol. The van der Waals surface area contributed by atoms with Gasteiger partial charge in [0.15, 0.2) is 0 Å². The van der Waals surface area contributed by atoms with Gasteiger partial charge in [-0.15, -0.1) is 0 Å². The summed E-state index contributed by atoms with van der Waals surface area (Å²) in [5, 5.41) is 28.6. The van der Waals surface area contributed by atoms with Crippen LogP contribution in [-0.4, -0.2) is 72.5 Å². The van der Waals surface area contributed by atoms with Crippen molar-refractivity contribution in [1.29, 1.82) is 0 Å². The van der Waals surface area contributed by atoms with Crippen LogP contribution >= 0.6 is 0 Å². The molecule has 0 aliphatic rings. The molecule has 0 saturated carbocycles. The Labute approximate surface area is 270 Å². The summed E-state index contributed by atoms with van der Waals surface area (Å²) in [5.74, 6) is -6.98. The van der Waals surface area contributed by atoms with E-state index in [9.17, 15) is 44.1 Å². The van der Waals surface area contributed by atoms with Crippen molar-refractivity contribution in [3.63, 3.8) is 0 Å². The van der Waals surface area contributed by atoms with E-state index < -0.39 is 41.4 Å². The molecule has 246 valence electrons. The fraction of sp³-hybridized carbons (Fsp3) is 0.0909. The smallest absolute Gasteiger partial charge is 0.338 e. The Hall–Kier alpha value is -6.90. The van der Waals surface area contributed by atoms with E-state index in [-0.39, 0.29) is 62.3 Å². The van der Waals surface area contributed by atoms with Crippen molar-refractivity contribution >= 4 is 35.8 Å². The average Bonchev–Trinajstić information content (AvgIpc) is 3.06. The highest BCUT2D eigenvalue weighted by Gasteiger charge is 2.22. The lowest BCUT2D eigenvalue weighted by Crippen LogP contribution is -2.10. The molecule has 0 heterocycles. The Morgan fingerprint density at radius 2 is 0.667 bits per heavy atom. The third-order valence-corrected chi connectivity index (χ3v) is 6.44. The van der Waals surface area contributed by atoms with Crippen molar-refractivity contribution in [3.05, 3.63) is 106 Å². The van der Waals surface area contributed by atoms with Crippen LogP contribution in [0.1, 0.15) is 62.1 Å². The Morgan fingerprint density at radius 1 is 0.375 bits per heavy atom. The largest absolute Gasteiger partial charge is 0.478 e. The molecule has 4 rings (SSSR count). The number of carbonyl (C=O) groups is 6. The quantitative estimate of drug-likeness (QED) is 0.126. The zero-order valence-corrected chi connectivity index (χ0v) is 25.2. The van der Waals surface area contributed by atoms with Crippen molar-refractivity contribution in [1.82, 2.24) is 0 Å². The predicted octanol–water partition coefficient (Wildman–Crippen LogP) is 5.52. The molecule has 0 amide bonds. The molecule has 4 aromatic carbocycles. The summed E-state index contributed by atoms with van der Waals surface area (Å²) in [6.45, 7) is 0. The molecule has 0 aromatic heterocycles. The van der Waals surface area contributed by atoms with Crippen molar-refractivity contribution < 1.29 is 72.5 Å². The topological polar surface area (TPSA) is 218 Å². The number of ether oxygens (including phenoxy) is 6. The van der Waals surface area contributed by atoms with Gasteiger partial charge >= 0.3 is 35.8 Å². The third kappa shape index (κ3) is 7.66. The van der Waals surface area contributed by atoms with Gasteiger partial charge in [-0.25, -0.2) is 28.8 Å². The minimum absolute atomic E-state index is 0.00128. The Bertz CT molecular complexity index is 1860. The lowest BCUT2D eigenvalue weighted by Gasteiger charge is -2.15. The van der Waals surface area contributed by atoms with Gasteiger partial charge in [0, 0.05) is 18.2 Å². The Kier molecular flexibility index (Phi) is 10.2. The SMILES string of the molecule is COC(=O)c1ccc(Oc2cc(Oc3ccc(C(=O)O)c(C(=O)OC)c3)cc(Oc3ccc(C(=O)O)c(C(=O)OC)c3)c2)cc1C(=O)O. The minimum atomic E-state index is -1.43. The molecule has 3 N–H and O–H groups in total. The summed E-state index contributed by atoms with van der Waals surface area (Å²) >= 11 is 0. The second-order valence-corrected chi connectivity index (χ2v) is 9.46. The average molecular weight is 661 g/mol. The van der Waals surface area contributed by atoms with Crippen LogP contribution in [0.2, 0.25) is 0 Å². The zero-order valence-electron chi connectivity index (χ0n) is 25.2. The van der Waals surface area contributed by atoms with Gasteiger partial charge in [-0.2, -0.15) is 0 Å². The fourth-order valence-corrected chi connectivity index (χ4v) is 4.29. The molecule has 0 atom stereocenters. The number of hydrogen-bond donors (Lipinski definition) is 3. The first kappa shape index (κ1) is 34.0. The first-order valence-electron chi connectivity index (χ1n) is 13.4. The van der Waals surface area contributed by atoms with Crippen molar-refractivity contribution in [3.8, 4) is 34.5 Å². The fourth-order valence-electron chi connectivity index (χ4n) is 4.29. The van der Waals surface area contributed by atoms with Gasteiger partial charge in [0.2, 0.25) is 0 Å². The first-order chi connectivity index (χ1) is 22.8. The van der Waals surface area contributed by atoms with E-state index in [1.807, 2.05) is 0 Å². The van der Waals surface area contributed by atoms with E-state index in [2.05, 4.69) is 14.2 Å². The van der Waals surface area contributed by atoms with Crippen LogP contribution in [0.25, 0.3) is 0 Å². The molecule has 4 aromatic rings. The van der Waals surface area contributed by atoms with E-state index in [4.69, 9.17) is 14.2 Å². The number of benzene rings is 4. The molecule has 0 unspecified atom stereocenters. The van der Waals surface area contributed by atoms with Gasteiger partial charge < -0.3 is 43.7 Å². The number of carboxylic acid groups (broad SMARTS) is 3. The van der Waals surface area contributed by atoms with E-state index in [1.54, 1.807) is 0 Å². The van der Waals surface area contributed by atoms with E-state index >= 15 is 0 Å². The van der Waals surface area contributed by atoms with E-state index in [1.165, 1.54) is 42.5 Å². The van der Waals surface area contributed by atoms with Gasteiger partial charge in [0.05, 0.1) is 54.7 Å². The molecular formula is C33H24O15. The summed E-state index contributed by atoms with van der Waals surface area (Å²) < 4.78 is 31.7. The van der Waals surface area contributed by atoms with Crippen LogP contribution in [0.5, 0.6) is 34.5 Å². The number of carboxylic acids is 3. The highest BCUT2D eigenvalue weighted by atomic mass is 16.5. The first-order valence-corrected chi connectivity index (χ1v) is 13.4. The highest BCUT2D eigenvalue weighted by molar-refractivity contribution is 6.04. The van der Waals surface area contributed by atoms with Crippen LogP contribution in [0.15, 0.2) is 72.8 Å². The van der Waals surface area contributed by atoms with E-state index in [0.29, 0.717) is 0 Å². The number of rotatable bonds is 12. The van der Waals surface area contributed by atoms with Crippen LogP contribution < -0.4 is 14.2 Å². The van der Waals surface area contributed by atoms with Crippen molar-refractivity contribution in [2.75, 3.05) is 21.3 Å². The van der Waals surface area contributed by atoms with Crippen LogP contribution in [0.4, 0.5) is 0 Å². The second kappa shape index (κ2) is 14.5. The molecule has 0 radical (unpaired) electrons. The lowest BCUT2D eigenvalue weighted by molar-refractivity contribution is 0.0579. The highest BCUT2D eigenvalue weighted by Crippen LogP contribution is 2.37. The lowest BCUT2D eigenvalue weighted by atomic mass is 10.1. The van der Waals surface area contributed by atoms with Gasteiger partial charge in [0.1, 0.15) is 34.5 Å². The maximum atomic E-state index is 12.3. The third-order valence-electron chi connectivity index (χ3n) is 6.44. The van der Waals surface area contributed by atoms with Gasteiger partial charge in [-0.05, 0) is 54.6 Å². The standard InChI is InChI=1S/C33H24O15/c1-43-31(40)24-9-6-16(13-25(24)30(38)39)46-19-10-20(47-17-4-7-22(28(34)35)26(14-17)32(41)44-2)12-21(11-19)48-18-5-8-23(29(36)37)27(15-18)33(42)45-3/h4-15H,1-3H3,(H,34,35)(H,36,37)(H,38,39). The molecular weight excluding hydrogens is 636 g/mol. The molecule has 0 aliphatic carbocycles. The van der Waals surface area contributed by atoms with Crippen molar-refractivity contribution in [2.24, 2.45) is 0 Å². The maximum absolute atomic E-state index is 12.3. The summed E-state index contributed by atoms with van der Waals surface area (Å²) in [6.07, 6.45) is 0. The van der Waals surface area contributed by atoms with Crippen molar-refractivity contribution in [2.45, 2.75) is 0 Å². The molecule has 48 heavy (non-hydrogen) atoms. The summed E-state index contributed by atoms with van der Waals surface area (Å²) in [7, 11) is 3.25. The molecule has 0 aliphatic heterocycles. The van der Waals surface area contributed by atoms with Crippen LogP contribution in [-0.2, 0) is 14.2 Å². The number of esters is 3. The number of carbonyl (C=O) groups excluding carboxylic acids is 3. The summed E-state index contributed by atoms with van der Waals surface area (Å²) in [6, 6.07) is 14.7. The maximum Gasteiger partial charge on any atom is 0.338 e. The van der Waals surface area contributed by atoms with Gasteiger partial charge in [-0.3, -0.25) is 0 Å². The zero-order chi connectivity index (χ0) is 35.1. The molecule has 0 fully saturated rings. The summed E-state index contributed by atoms with van der Waals surface area (Å²) in [5.41, 5.74) is -1.92. The Morgan fingerprint density at radius 3 is 0.979 bits per heavy atom. The van der Waals surface area contributed by atoms with Gasteiger partial charge in [-0.1, -0.05) is 0 Å². The summed E-state index contributed by atoms with van der Waals surface area (Å²) in [4.78, 5) is 71.7. The number of methoxy groups -OCH3 is 3. The minimum Gasteiger partial charge on any atom is -0.478 e.